The Morgan fingerprint density at radius 1 is 1.21 bits per heavy atom. The summed E-state index contributed by atoms with van der Waals surface area (Å²) in [6, 6.07) is 9.03. The lowest BCUT2D eigenvalue weighted by Crippen LogP contribution is -2.34. The van der Waals surface area contributed by atoms with Gasteiger partial charge in [0.05, 0.1) is 17.1 Å². The number of aromatic nitrogens is 1. The number of imide groups is 1. The molecule has 1 aromatic carbocycles. The summed E-state index contributed by atoms with van der Waals surface area (Å²) in [5, 5.41) is -0.243. The van der Waals surface area contributed by atoms with E-state index in [1.165, 1.54) is 4.90 Å². The van der Waals surface area contributed by atoms with Crippen LogP contribution in [0.3, 0.4) is 0 Å². The van der Waals surface area contributed by atoms with Crippen molar-refractivity contribution in [2.75, 3.05) is 6.61 Å². The van der Waals surface area contributed by atoms with Gasteiger partial charge in [-0.1, -0.05) is 6.07 Å². The molecule has 1 saturated heterocycles. The molecule has 2 aromatic rings. The fourth-order valence-electron chi connectivity index (χ4n) is 3.38. The first-order valence-corrected chi connectivity index (χ1v) is 10.3. The number of ether oxygens (including phenoxy) is 1. The van der Waals surface area contributed by atoms with Crippen molar-refractivity contribution in [1.82, 2.24) is 9.47 Å². The monoisotopic (exact) mass is 412 g/mol. The summed E-state index contributed by atoms with van der Waals surface area (Å²) in [5.41, 5.74) is 4.05. The molecule has 7 heteroatoms. The Morgan fingerprint density at radius 2 is 1.93 bits per heavy atom. The minimum absolute atomic E-state index is 0.175. The van der Waals surface area contributed by atoms with Crippen LogP contribution in [0.5, 0.6) is 0 Å². The first kappa shape index (κ1) is 20.9. The van der Waals surface area contributed by atoms with Crippen LogP contribution in [0.15, 0.2) is 35.2 Å². The number of hydrogen-bond acceptors (Lipinski definition) is 5. The van der Waals surface area contributed by atoms with Gasteiger partial charge in [-0.25, -0.2) is 4.79 Å². The van der Waals surface area contributed by atoms with Crippen LogP contribution in [0.2, 0.25) is 0 Å². The zero-order valence-corrected chi connectivity index (χ0v) is 18.0. The van der Waals surface area contributed by atoms with Crippen molar-refractivity contribution in [3.05, 3.63) is 57.8 Å². The van der Waals surface area contributed by atoms with E-state index < -0.39 is 0 Å². The van der Waals surface area contributed by atoms with Gasteiger partial charge in [-0.2, -0.15) is 0 Å². The summed E-state index contributed by atoms with van der Waals surface area (Å²) in [5.74, 6) is -0.622. The molecule has 0 saturated carbocycles. The smallest absolute Gasteiger partial charge is 0.338 e. The van der Waals surface area contributed by atoms with Crippen LogP contribution in [0.4, 0.5) is 4.79 Å². The highest BCUT2D eigenvalue weighted by Crippen LogP contribution is 2.34. The lowest BCUT2D eigenvalue weighted by molar-refractivity contribution is -0.123. The molecule has 0 N–H and O–H groups in total. The van der Waals surface area contributed by atoms with E-state index in [-0.39, 0.29) is 23.2 Å². The highest BCUT2D eigenvalue weighted by atomic mass is 32.2. The van der Waals surface area contributed by atoms with Gasteiger partial charge in [0.25, 0.3) is 11.1 Å². The fourth-order valence-corrected chi connectivity index (χ4v) is 4.34. The third-order valence-electron chi connectivity index (χ3n) is 4.71. The molecule has 1 aliphatic rings. The molecule has 0 radical (unpaired) electrons. The van der Waals surface area contributed by atoms with Crippen LogP contribution < -0.4 is 0 Å². The van der Waals surface area contributed by atoms with Gasteiger partial charge in [0.1, 0.15) is 0 Å². The van der Waals surface area contributed by atoms with Crippen LogP contribution in [-0.2, 0) is 9.53 Å². The van der Waals surface area contributed by atoms with Gasteiger partial charge in [0, 0.05) is 23.1 Å². The zero-order valence-electron chi connectivity index (χ0n) is 17.2. The zero-order chi connectivity index (χ0) is 21.3. The van der Waals surface area contributed by atoms with Crippen molar-refractivity contribution < 1.29 is 19.1 Å². The highest BCUT2D eigenvalue weighted by Gasteiger charge is 2.36. The first-order valence-electron chi connectivity index (χ1n) is 9.48. The predicted molar refractivity (Wildman–Crippen MR) is 114 cm³/mol. The number of thioether (sulfide) groups is 1. The van der Waals surface area contributed by atoms with Crippen molar-refractivity contribution in [3.63, 3.8) is 0 Å². The molecule has 3 rings (SSSR count). The maximum absolute atomic E-state index is 12.6. The maximum atomic E-state index is 12.6. The Balaban J connectivity index is 1.99. The van der Waals surface area contributed by atoms with Gasteiger partial charge in [0.15, 0.2) is 0 Å². The van der Waals surface area contributed by atoms with E-state index in [4.69, 9.17) is 4.74 Å². The van der Waals surface area contributed by atoms with Crippen LogP contribution in [-0.4, -0.2) is 39.2 Å². The topological polar surface area (TPSA) is 68.6 Å². The quantitative estimate of drug-likeness (QED) is 0.525. The Morgan fingerprint density at radius 3 is 2.55 bits per heavy atom. The summed E-state index contributed by atoms with van der Waals surface area (Å²) in [6.07, 6.45) is 1.77. The molecular formula is C22H24N2O4S. The van der Waals surface area contributed by atoms with Gasteiger partial charge in [0.2, 0.25) is 0 Å². The molecule has 0 bridgehead atoms. The van der Waals surface area contributed by atoms with Gasteiger partial charge >= 0.3 is 5.97 Å². The van der Waals surface area contributed by atoms with E-state index in [0.29, 0.717) is 17.1 Å². The Labute approximate surface area is 174 Å². The number of aryl methyl sites for hydroxylation is 1. The Kier molecular flexibility index (Phi) is 5.98. The Bertz CT molecular complexity index is 1020. The van der Waals surface area contributed by atoms with Gasteiger partial charge in [-0.15, -0.1) is 0 Å². The van der Waals surface area contributed by atoms with E-state index in [0.717, 1.165) is 34.4 Å². The number of rotatable bonds is 5. The summed E-state index contributed by atoms with van der Waals surface area (Å²) >= 11 is 0.965. The molecule has 1 aromatic heterocycles. The summed E-state index contributed by atoms with van der Waals surface area (Å²) in [7, 11) is 0. The van der Waals surface area contributed by atoms with E-state index >= 15 is 0 Å². The molecule has 1 fully saturated rings. The van der Waals surface area contributed by atoms with Crippen molar-refractivity contribution in [1.29, 1.82) is 0 Å². The number of benzene rings is 1. The molecule has 152 valence electrons. The number of carbonyl (C=O) groups is 3. The molecule has 0 spiro atoms. The van der Waals surface area contributed by atoms with Gasteiger partial charge < -0.3 is 9.30 Å². The van der Waals surface area contributed by atoms with Gasteiger partial charge in [-0.3, -0.25) is 14.5 Å². The van der Waals surface area contributed by atoms with Crippen LogP contribution in [0.1, 0.15) is 48.1 Å². The standard InChI is InChI=1S/C22H24N2O4S/c1-6-28-21(26)16-8-7-9-18(11-16)24-14(4)10-17(15(24)5)12-19-20(25)23(13(2)3)22(27)29-19/h7-13H,6H2,1-5H3/b19-12-. The molecule has 2 heterocycles. The van der Waals surface area contributed by atoms with Crippen LogP contribution >= 0.6 is 11.8 Å². The molecule has 0 unspecified atom stereocenters. The normalized spacial score (nSPS) is 15.7. The first-order chi connectivity index (χ1) is 13.7. The van der Waals surface area contributed by atoms with Crippen LogP contribution in [0, 0.1) is 13.8 Å². The van der Waals surface area contributed by atoms with Crippen LogP contribution in [0.25, 0.3) is 11.8 Å². The van der Waals surface area contributed by atoms with E-state index in [1.54, 1.807) is 25.1 Å². The second-order valence-corrected chi connectivity index (χ2v) is 8.07. The molecular weight excluding hydrogens is 388 g/mol. The number of esters is 1. The van der Waals surface area contributed by atoms with Crippen molar-refractivity contribution >= 4 is 35.0 Å². The predicted octanol–water partition coefficient (Wildman–Crippen LogP) is 4.72. The average molecular weight is 413 g/mol. The van der Waals surface area contributed by atoms with E-state index in [2.05, 4.69) is 0 Å². The van der Waals surface area contributed by atoms with E-state index in [9.17, 15) is 14.4 Å². The molecule has 1 aliphatic heterocycles. The highest BCUT2D eigenvalue weighted by molar-refractivity contribution is 8.18. The maximum Gasteiger partial charge on any atom is 0.338 e. The minimum Gasteiger partial charge on any atom is -0.462 e. The van der Waals surface area contributed by atoms with Crippen molar-refractivity contribution in [3.8, 4) is 5.69 Å². The molecule has 29 heavy (non-hydrogen) atoms. The molecule has 6 nitrogen and oxygen atoms in total. The minimum atomic E-state index is -0.362. The third-order valence-corrected chi connectivity index (χ3v) is 5.60. The second-order valence-electron chi connectivity index (χ2n) is 7.08. The number of amides is 2. The Hall–Kier alpha value is -2.80. The van der Waals surface area contributed by atoms with Crippen molar-refractivity contribution in [2.24, 2.45) is 0 Å². The molecule has 0 aliphatic carbocycles. The molecule has 0 atom stereocenters. The lowest BCUT2D eigenvalue weighted by Gasteiger charge is -2.16. The fraction of sp³-hybridized carbons (Fsp3) is 0.318. The number of hydrogen-bond donors (Lipinski definition) is 0. The average Bonchev–Trinajstić information content (AvgIpc) is 3.10. The number of nitrogens with zero attached hydrogens (tertiary/aromatic N) is 2. The summed E-state index contributed by atoms with van der Waals surface area (Å²) in [4.78, 5) is 38.5. The third kappa shape index (κ3) is 4.00. The lowest BCUT2D eigenvalue weighted by atomic mass is 10.2. The van der Waals surface area contributed by atoms with Crippen molar-refractivity contribution in [2.45, 2.75) is 40.7 Å². The molecule has 2 amide bonds. The largest absolute Gasteiger partial charge is 0.462 e. The SMILES string of the molecule is CCOC(=O)c1cccc(-n2c(C)cc(/C=C3\SC(=O)N(C(C)C)C3=O)c2C)c1. The summed E-state index contributed by atoms with van der Waals surface area (Å²) < 4.78 is 7.10. The second kappa shape index (κ2) is 8.29. The summed E-state index contributed by atoms with van der Waals surface area (Å²) in [6.45, 7) is 9.64. The number of carbonyl (C=O) groups excluding carboxylic acids is 3. The van der Waals surface area contributed by atoms with Gasteiger partial charge in [-0.05, 0) is 82.3 Å². The van der Waals surface area contributed by atoms with E-state index in [1.807, 2.05) is 50.5 Å².